The van der Waals surface area contributed by atoms with Gasteiger partial charge < -0.3 is 19.7 Å². The standard InChI is InChI=1S/C27H34BrN6O8P/c1-5-6-16(2)41-25(37)17(3)33-43(38,42-21-9-7-20(28)8-10-21)40-14-27(13-39-18(4)35)11-19(27)12-34-15-30-22-23(34)31-26(29)32-24(22)36/h7-10,12,15-17H,5-6,11,13-14H2,1-4H3,(H,33,38)(H3,29,31,32,36)/b19-12-/t16-,17?,27+,43?/m0/s1. The quantitative estimate of drug-likeness (QED) is 0.163. The lowest BCUT2D eigenvalue weighted by atomic mass is 10.1. The van der Waals surface area contributed by atoms with Crippen molar-refractivity contribution in [3.63, 3.8) is 0 Å². The lowest BCUT2D eigenvalue weighted by Gasteiger charge is -2.25. The van der Waals surface area contributed by atoms with Crippen molar-refractivity contribution >= 4 is 58.9 Å². The molecule has 232 valence electrons. The summed E-state index contributed by atoms with van der Waals surface area (Å²) in [5, 5.41) is 2.69. The van der Waals surface area contributed by atoms with Crippen molar-refractivity contribution in [1.82, 2.24) is 24.6 Å². The first-order valence-corrected chi connectivity index (χ1v) is 15.9. The molecule has 0 radical (unpaired) electrons. The SMILES string of the molecule is CCC[C@H](C)OC(=O)C(C)NP(=O)(OC[C@]1(COC(C)=O)C/C1=C/n1cnc2c(=O)[nH]c(N)nc21)Oc1ccc(Br)cc1. The third-order valence-corrected chi connectivity index (χ3v) is 8.80. The number of nitrogens with one attached hydrogen (secondary N) is 2. The lowest BCUT2D eigenvalue weighted by Crippen LogP contribution is -2.37. The molecule has 43 heavy (non-hydrogen) atoms. The number of aromatic amines is 1. The number of aromatic nitrogens is 4. The van der Waals surface area contributed by atoms with Crippen molar-refractivity contribution in [2.75, 3.05) is 18.9 Å². The number of esters is 2. The van der Waals surface area contributed by atoms with E-state index in [9.17, 15) is 18.9 Å². The van der Waals surface area contributed by atoms with Crippen LogP contribution in [0.2, 0.25) is 0 Å². The van der Waals surface area contributed by atoms with E-state index in [0.717, 1.165) is 16.5 Å². The predicted octanol–water partition coefficient (Wildman–Crippen LogP) is 4.17. The molecule has 16 heteroatoms. The van der Waals surface area contributed by atoms with E-state index in [1.165, 1.54) is 24.7 Å². The van der Waals surface area contributed by atoms with Crippen LogP contribution in [0.3, 0.4) is 0 Å². The van der Waals surface area contributed by atoms with Gasteiger partial charge in [0.05, 0.1) is 18.1 Å². The number of fused-ring (bicyclic) bond motifs is 1. The molecule has 1 fully saturated rings. The summed E-state index contributed by atoms with van der Waals surface area (Å²) >= 11 is 3.35. The Morgan fingerprint density at radius 1 is 1.28 bits per heavy atom. The summed E-state index contributed by atoms with van der Waals surface area (Å²) in [6.45, 7) is 6.26. The van der Waals surface area contributed by atoms with E-state index < -0.39 is 36.7 Å². The molecule has 1 aliphatic carbocycles. The number of H-pyrrole nitrogens is 1. The van der Waals surface area contributed by atoms with Gasteiger partial charge in [-0.2, -0.15) is 10.1 Å². The van der Waals surface area contributed by atoms with Crippen molar-refractivity contribution in [3.8, 4) is 5.75 Å². The highest BCUT2D eigenvalue weighted by molar-refractivity contribution is 9.10. The van der Waals surface area contributed by atoms with E-state index >= 15 is 0 Å². The lowest BCUT2D eigenvalue weighted by molar-refractivity contribution is -0.150. The van der Waals surface area contributed by atoms with Crippen LogP contribution in [0.1, 0.15) is 47.0 Å². The summed E-state index contributed by atoms with van der Waals surface area (Å²) in [6, 6.07) is 5.56. The number of hydrogen-bond acceptors (Lipinski definition) is 11. The number of rotatable bonds is 14. The van der Waals surface area contributed by atoms with Crippen molar-refractivity contribution in [1.29, 1.82) is 0 Å². The minimum atomic E-state index is -4.21. The number of carbonyl (C=O) groups excluding carboxylic acids is 2. The van der Waals surface area contributed by atoms with Gasteiger partial charge in [0.15, 0.2) is 11.2 Å². The summed E-state index contributed by atoms with van der Waals surface area (Å²) in [4.78, 5) is 47.3. The van der Waals surface area contributed by atoms with E-state index in [1.54, 1.807) is 37.4 Å². The van der Waals surface area contributed by atoms with E-state index in [0.29, 0.717) is 12.8 Å². The molecular weight excluding hydrogens is 647 g/mol. The Hall–Kier alpha value is -3.52. The molecule has 2 aromatic heterocycles. The Bertz CT molecular complexity index is 1620. The highest BCUT2D eigenvalue weighted by atomic mass is 79.9. The maximum atomic E-state index is 14.1. The Balaban J connectivity index is 1.59. The number of ether oxygens (including phenoxy) is 2. The second-order valence-corrected chi connectivity index (χ2v) is 13.0. The van der Waals surface area contributed by atoms with Crippen LogP contribution in [0.5, 0.6) is 5.75 Å². The first-order chi connectivity index (χ1) is 20.3. The van der Waals surface area contributed by atoms with Crippen LogP contribution in [-0.4, -0.2) is 56.8 Å². The number of nitrogen functional groups attached to an aromatic ring is 1. The number of hydrogen-bond donors (Lipinski definition) is 3. The average Bonchev–Trinajstić information content (AvgIpc) is 3.47. The molecule has 0 aliphatic heterocycles. The minimum absolute atomic E-state index is 0.0724. The first-order valence-electron chi connectivity index (χ1n) is 13.6. The number of benzene rings is 1. The molecule has 0 spiro atoms. The van der Waals surface area contributed by atoms with Crippen LogP contribution in [0.4, 0.5) is 5.95 Å². The second kappa shape index (κ2) is 13.4. The molecule has 4 atom stereocenters. The third kappa shape index (κ3) is 8.31. The fraction of sp³-hybridized carbons (Fsp3) is 0.444. The maximum Gasteiger partial charge on any atom is 0.459 e. The molecule has 14 nitrogen and oxygen atoms in total. The third-order valence-electron chi connectivity index (χ3n) is 6.65. The second-order valence-electron chi connectivity index (χ2n) is 10.4. The van der Waals surface area contributed by atoms with Crippen LogP contribution in [0.15, 0.2) is 45.4 Å². The normalized spacial score (nSPS) is 19.9. The van der Waals surface area contributed by atoms with Gasteiger partial charge in [0.2, 0.25) is 5.95 Å². The molecular formula is C27H34BrN6O8P. The smallest absolute Gasteiger partial charge is 0.459 e. The Morgan fingerprint density at radius 3 is 2.67 bits per heavy atom. The predicted molar refractivity (Wildman–Crippen MR) is 162 cm³/mol. The zero-order valence-corrected chi connectivity index (χ0v) is 26.6. The van der Waals surface area contributed by atoms with Crippen molar-refractivity contribution < 1.29 is 32.7 Å². The Kier molecular flexibility index (Phi) is 10.1. The van der Waals surface area contributed by atoms with Crippen molar-refractivity contribution in [3.05, 3.63) is 51.0 Å². The molecule has 1 saturated carbocycles. The molecule has 3 aromatic rings. The largest absolute Gasteiger partial charge is 0.465 e. The van der Waals surface area contributed by atoms with E-state index in [4.69, 9.17) is 24.3 Å². The summed E-state index contributed by atoms with van der Waals surface area (Å²) in [5.74, 6) is -0.959. The van der Waals surface area contributed by atoms with Gasteiger partial charge in [-0.05, 0) is 56.5 Å². The van der Waals surface area contributed by atoms with Gasteiger partial charge >= 0.3 is 19.7 Å². The van der Waals surface area contributed by atoms with Crippen LogP contribution in [0.25, 0.3) is 17.4 Å². The van der Waals surface area contributed by atoms with Gasteiger partial charge in [-0.25, -0.2) is 9.55 Å². The molecule has 0 bridgehead atoms. The maximum absolute atomic E-state index is 14.1. The van der Waals surface area contributed by atoms with Gasteiger partial charge in [0, 0.05) is 17.6 Å². The van der Waals surface area contributed by atoms with E-state index in [-0.39, 0.29) is 42.2 Å². The van der Waals surface area contributed by atoms with Crippen LogP contribution in [-0.2, 0) is 28.2 Å². The van der Waals surface area contributed by atoms with Crippen LogP contribution in [0, 0.1) is 5.41 Å². The van der Waals surface area contributed by atoms with Crippen molar-refractivity contribution in [2.45, 2.75) is 59.1 Å². The average molecular weight is 681 g/mol. The van der Waals surface area contributed by atoms with Crippen LogP contribution < -0.4 is 20.9 Å². The topological polar surface area (TPSA) is 190 Å². The van der Waals surface area contributed by atoms with Crippen molar-refractivity contribution in [2.24, 2.45) is 5.41 Å². The zero-order chi connectivity index (χ0) is 31.4. The number of nitrogens with zero attached hydrogens (tertiary/aromatic N) is 3. The summed E-state index contributed by atoms with van der Waals surface area (Å²) in [7, 11) is -4.21. The summed E-state index contributed by atoms with van der Waals surface area (Å²) < 4.78 is 38.9. The molecule has 1 aromatic carbocycles. The highest BCUT2D eigenvalue weighted by Crippen LogP contribution is 2.56. The van der Waals surface area contributed by atoms with Gasteiger partial charge in [0.25, 0.3) is 5.56 Å². The number of halogens is 1. The van der Waals surface area contributed by atoms with Gasteiger partial charge in [-0.15, -0.1) is 0 Å². The monoisotopic (exact) mass is 680 g/mol. The number of anilines is 1. The first kappa shape index (κ1) is 32.4. The molecule has 4 rings (SSSR count). The summed E-state index contributed by atoms with van der Waals surface area (Å²) in [6.07, 6.45) is 4.67. The fourth-order valence-electron chi connectivity index (χ4n) is 4.27. The summed E-state index contributed by atoms with van der Waals surface area (Å²) in [5.41, 5.74) is 5.41. The molecule has 2 heterocycles. The van der Waals surface area contributed by atoms with Gasteiger partial charge in [-0.3, -0.25) is 28.5 Å². The van der Waals surface area contributed by atoms with Gasteiger partial charge in [-0.1, -0.05) is 29.3 Å². The Labute approximate surface area is 256 Å². The zero-order valence-electron chi connectivity index (χ0n) is 24.2. The minimum Gasteiger partial charge on any atom is -0.465 e. The fourth-order valence-corrected chi connectivity index (χ4v) is 6.11. The molecule has 4 N–H and O–H groups in total. The number of imidazole rings is 1. The Morgan fingerprint density at radius 2 is 2.00 bits per heavy atom. The van der Waals surface area contributed by atoms with E-state index in [2.05, 4.69) is 36.0 Å². The molecule has 0 amide bonds. The molecule has 1 aliphatic rings. The molecule has 2 unspecified atom stereocenters. The van der Waals surface area contributed by atoms with Crippen LogP contribution >= 0.6 is 23.7 Å². The highest BCUT2D eigenvalue weighted by Gasteiger charge is 2.52. The number of carbonyl (C=O) groups is 2. The molecule has 0 saturated heterocycles. The number of nitrogens with two attached hydrogens (primary N) is 1. The van der Waals surface area contributed by atoms with Gasteiger partial charge in [0.1, 0.15) is 24.7 Å². The van der Waals surface area contributed by atoms with E-state index in [1.807, 2.05) is 6.92 Å².